The summed E-state index contributed by atoms with van der Waals surface area (Å²) in [5.41, 5.74) is 1.58. The van der Waals surface area contributed by atoms with Crippen molar-refractivity contribution < 1.29 is 0 Å². The lowest BCUT2D eigenvalue weighted by molar-refractivity contribution is 0.815. The fourth-order valence-corrected chi connectivity index (χ4v) is 2.57. The van der Waals surface area contributed by atoms with Gasteiger partial charge in [-0.15, -0.1) is 0 Å². The normalized spacial score (nSPS) is 10.6. The molecule has 2 N–H and O–H groups in total. The van der Waals surface area contributed by atoms with Gasteiger partial charge >= 0.3 is 0 Å². The number of hydrogen-bond donors (Lipinski definition) is 2. The summed E-state index contributed by atoms with van der Waals surface area (Å²) >= 11 is 1.46. The van der Waals surface area contributed by atoms with Crippen LogP contribution in [0.1, 0.15) is 31.7 Å². The Morgan fingerprint density at radius 3 is 2.76 bits per heavy atom. The molecule has 0 aliphatic carbocycles. The Bertz CT molecular complexity index is 626. The zero-order valence-corrected chi connectivity index (χ0v) is 13.0. The van der Waals surface area contributed by atoms with Crippen molar-refractivity contribution in [3.05, 3.63) is 40.2 Å². The Balaban J connectivity index is 2.00. The highest BCUT2D eigenvalue weighted by Gasteiger charge is 2.04. The van der Waals surface area contributed by atoms with Crippen LogP contribution in [0.3, 0.4) is 0 Å². The zero-order valence-electron chi connectivity index (χ0n) is 12.2. The Morgan fingerprint density at radius 1 is 1.24 bits per heavy atom. The molecule has 6 nitrogen and oxygen atoms in total. The predicted molar refractivity (Wildman–Crippen MR) is 84.6 cm³/mol. The molecule has 0 aliphatic rings. The first-order valence-corrected chi connectivity index (χ1v) is 7.97. The Morgan fingerprint density at radius 2 is 2.10 bits per heavy atom. The van der Waals surface area contributed by atoms with E-state index >= 15 is 0 Å². The van der Waals surface area contributed by atoms with Crippen molar-refractivity contribution in [2.75, 3.05) is 11.9 Å². The van der Waals surface area contributed by atoms with Crippen molar-refractivity contribution in [3.8, 4) is 0 Å². The van der Waals surface area contributed by atoms with Crippen LogP contribution in [0.4, 0.5) is 5.82 Å². The van der Waals surface area contributed by atoms with E-state index in [0.29, 0.717) is 10.9 Å². The largest absolute Gasteiger partial charge is 0.369 e. The number of rotatable bonds is 7. The average molecular weight is 305 g/mol. The number of H-pyrrole nitrogens is 1. The van der Waals surface area contributed by atoms with E-state index in [-0.39, 0.29) is 5.56 Å². The minimum absolute atomic E-state index is 0.107. The van der Waals surface area contributed by atoms with E-state index < -0.39 is 0 Å². The maximum Gasteiger partial charge on any atom is 0.251 e. The van der Waals surface area contributed by atoms with Crippen LogP contribution in [0.2, 0.25) is 0 Å². The smallest absolute Gasteiger partial charge is 0.251 e. The summed E-state index contributed by atoms with van der Waals surface area (Å²) in [7, 11) is 0. The van der Waals surface area contributed by atoms with Gasteiger partial charge in [0, 0.05) is 24.1 Å². The number of aromatic nitrogens is 4. The third-order valence-corrected chi connectivity index (χ3v) is 3.61. The second-order valence-electron chi connectivity index (χ2n) is 4.50. The molecule has 0 aliphatic heterocycles. The molecule has 0 unspecified atom stereocenters. The van der Waals surface area contributed by atoms with Crippen LogP contribution >= 0.6 is 11.8 Å². The van der Waals surface area contributed by atoms with E-state index in [1.165, 1.54) is 11.8 Å². The SMILES string of the molecule is CCCc1cc(=O)[nH]c(SCc2cnc(NCC)cn2)n1. The van der Waals surface area contributed by atoms with Crippen molar-refractivity contribution in [2.45, 2.75) is 37.6 Å². The lowest BCUT2D eigenvalue weighted by atomic mass is 10.2. The van der Waals surface area contributed by atoms with Crippen molar-refractivity contribution in [1.82, 2.24) is 19.9 Å². The summed E-state index contributed by atoms with van der Waals surface area (Å²) in [6.07, 6.45) is 5.23. The number of thioether (sulfide) groups is 1. The van der Waals surface area contributed by atoms with Gasteiger partial charge in [0.2, 0.25) is 0 Å². The second-order valence-corrected chi connectivity index (χ2v) is 5.47. The molecule has 0 amide bonds. The maximum absolute atomic E-state index is 11.6. The standard InChI is InChI=1S/C14H19N5OS/c1-3-5-10-6-13(20)19-14(18-10)21-9-11-7-17-12(8-16-11)15-4-2/h6-8H,3-5,9H2,1-2H3,(H,15,17)(H,18,19,20). The van der Waals surface area contributed by atoms with Gasteiger partial charge in [-0.05, 0) is 13.3 Å². The number of hydrogen-bond acceptors (Lipinski definition) is 6. The van der Waals surface area contributed by atoms with E-state index in [4.69, 9.17) is 0 Å². The van der Waals surface area contributed by atoms with Gasteiger partial charge in [0.05, 0.1) is 18.1 Å². The second kappa shape index (κ2) is 7.78. The van der Waals surface area contributed by atoms with Crippen LogP contribution in [-0.2, 0) is 12.2 Å². The molecule has 0 atom stereocenters. The molecule has 2 heterocycles. The molecule has 0 saturated heterocycles. The van der Waals surface area contributed by atoms with Crippen LogP contribution in [0.25, 0.3) is 0 Å². The summed E-state index contributed by atoms with van der Waals surface area (Å²) in [6.45, 7) is 4.89. The molecule has 21 heavy (non-hydrogen) atoms. The number of nitrogens with one attached hydrogen (secondary N) is 2. The molecular weight excluding hydrogens is 286 g/mol. The average Bonchev–Trinajstić information content (AvgIpc) is 2.47. The monoisotopic (exact) mass is 305 g/mol. The first-order valence-electron chi connectivity index (χ1n) is 6.99. The molecule has 0 fully saturated rings. The molecule has 0 spiro atoms. The van der Waals surface area contributed by atoms with Gasteiger partial charge in [0.25, 0.3) is 5.56 Å². The summed E-state index contributed by atoms with van der Waals surface area (Å²) in [4.78, 5) is 27.3. The zero-order chi connectivity index (χ0) is 15.1. The van der Waals surface area contributed by atoms with Crippen molar-refractivity contribution >= 4 is 17.6 Å². The molecule has 2 aromatic heterocycles. The first kappa shape index (κ1) is 15.5. The van der Waals surface area contributed by atoms with Crippen molar-refractivity contribution in [2.24, 2.45) is 0 Å². The molecule has 7 heteroatoms. The predicted octanol–water partition coefficient (Wildman–Crippen LogP) is 2.24. The molecule has 2 rings (SSSR count). The lowest BCUT2D eigenvalue weighted by Crippen LogP contribution is -2.10. The highest BCUT2D eigenvalue weighted by atomic mass is 32.2. The van der Waals surface area contributed by atoms with Crippen LogP contribution < -0.4 is 10.9 Å². The third kappa shape index (κ3) is 4.86. The van der Waals surface area contributed by atoms with Crippen LogP contribution in [0, 0.1) is 0 Å². The Kier molecular flexibility index (Phi) is 5.74. The fraction of sp³-hybridized carbons (Fsp3) is 0.429. The Labute approximate surface area is 127 Å². The summed E-state index contributed by atoms with van der Waals surface area (Å²) in [5.74, 6) is 1.39. The molecule has 0 aromatic carbocycles. The quantitative estimate of drug-likeness (QED) is 0.603. The number of nitrogens with zero attached hydrogens (tertiary/aromatic N) is 3. The van der Waals surface area contributed by atoms with Crippen LogP contribution in [-0.4, -0.2) is 26.5 Å². The van der Waals surface area contributed by atoms with E-state index in [9.17, 15) is 4.79 Å². The maximum atomic E-state index is 11.6. The van der Waals surface area contributed by atoms with Gasteiger partial charge < -0.3 is 10.3 Å². The molecule has 0 bridgehead atoms. The highest BCUT2D eigenvalue weighted by molar-refractivity contribution is 7.98. The molecule has 0 saturated carbocycles. The summed E-state index contributed by atoms with van der Waals surface area (Å²) in [5, 5.41) is 3.73. The molecule has 112 valence electrons. The van der Waals surface area contributed by atoms with Gasteiger partial charge in [0.15, 0.2) is 5.16 Å². The van der Waals surface area contributed by atoms with Crippen LogP contribution in [0.5, 0.6) is 0 Å². The van der Waals surface area contributed by atoms with E-state index in [0.717, 1.165) is 36.6 Å². The number of aryl methyl sites for hydroxylation is 1. The van der Waals surface area contributed by atoms with E-state index in [2.05, 4.69) is 32.2 Å². The van der Waals surface area contributed by atoms with Gasteiger partial charge in [-0.25, -0.2) is 9.97 Å². The topological polar surface area (TPSA) is 83.6 Å². The van der Waals surface area contributed by atoms with Crippen LogP contribution in [0.15, 0.2) is 28.4 Å². The van der Waals surface area contributed by atoms with Gasteiger partial charge in [-0.2, -0.15) is 0 Å². The highest BCUT2D eigenvalue weighted by Crippen LogP contribution is 2.17. The summed E-state index contributed by atoms with van der Waals surface area (Å²) < 4.78 is 0. The summed E-state index contributed by atoms with van der Waals surface area (Å²) in [6, 6.07) is 1.55. The number of aromatic amines is 1. The van der Waals surface area contributed by atoms with Gasteiger partial charge in [-0.1, -0.05) is 25.1 Å². The van der Waals surface area contributed by atoms with E-state index in [1.54, 1.807) is 18.5 Å². The molecule has 0 radical (unpaired) electrons. The van der Waals surface area contributed by atoms with Crippen molar-refractivity contribution in [3.63, 3.8) is 0 Å². The third-order valence-electron chi connectivity index (χ3n) is 2.70. The lowest BCUT2D eigenvalue weighted by Gasteiger charge is -2.04. The first-order chi connectivity index (χ1) is 10.2. The van der Waals surface area contributed by atoms with E-state index in [1.807, 2.05) is 6.92 Å². The minimum Gasteiger partial charge on any atom is -0.369 e. The van der Waals surface area contributed by atoms with Gasteiger partial charge in [-0.3, -0.25) is 9.78 Å². The minimum atomic E-state index is -0.107. The molecule has 2 aromatic rings. The van der Waals surface area contributed by atoms with Crippen molar-refractivity contribution in [1.29, 1.82) is 0 Å². The Hall–Kier alpha value is -1.89. The fourth-order valence-electron chi connectivity index (χ4n) is 1.78. The number of anilines is 1. The van der Waals surface area contributed by atoms with Gasteiger partial charge in [0.1, 0.15) is 5.82 Å². The molecular formula is C14H19N5OS.